The highest BCUT2D eigenvalue weighted by atomic mass is 16.5. The molecule has 186 valence electrons. The molecule has 3 aliphatic rings. The number of aromatic nitrogens is 1. The lowest BCUT2D eigenvalue weighted by molar-refractivity contribution is -0.148. The van der Waals surface area contributed by atoms with E-state index in [1.165, 1.54) is 0 Å². The molecule has 1 aromatic carbocycles. The third-order valence-corrected chi connectivity index (χ3v) is 6.97. The van der Waals surface area contributed by atoms with E-state index in [0.717, 1.165) is 29.7 Å². The molecular weight excluding hydrogens is 450 g/mol. The summed E-state index contributed by atoms with van der Waals surface area (Å²) in [6.45, 7) is 1.40. The molecule has 5 rings (SSSR count). The van der Waals surface area contributed by atoms with Crippen molar-refractivity contribution in [3.05, 3.63) is 53.9 Å². The number of hydrogen-bond donors (Lipinski definition) is 3. The van der Waals surface area contributed by atoms with Crippen LogP contribution in [0.3, 0.4) is 0 Å². The van der Waals surface area contributed by atoms with Crippen molar-refractivity contribution in [3.8, 4) is 5.75 Å². The Morgan fingerprint density at radius 2 is 2.11 bits per heavy atom. The van der Waals surface area contributed by atoms with Crippen LogP contribution in [0, 0.1) is 5.92 Å². The molecule has 35 heavy (non-hydrogen) atoms. The maximum absolute atomic E-state index is 13.1. The molecule has 0 unspecified atom stereocenters. The first-order valence-electron chi connectivity index (χ1n) is 12.2. The summed E-state index contributed by atoms with van der Waals surface area (Å²) >= 11 is 0. The highest BCUT2D eigenvalue weighted by Gasteiger charge is 2.46. The summed E-state index contributed by atoms with van der Waals surface area (Å²) < 4.78 is 17.9. The second kappa shape index (κ2) is 10.7. The maximum atomic E-state index is 13.1. The van der Waals surface area contributed by atoms with Gasteiger partial charge in [-0.1, -0.05) is 6.07 Å². The fourth-order valence-electron chi connectivity index (χ4n) is 5.24. The van der Waals surface area contributed by atoms with Crippen LogP contribution in [0.4, 0.5) is 5.69 Å². The minimum atomic E-state index is -0.713. The smallest absolute Gasteiger partial charge is 0.230 e. The van der Waals surface area contributed by atoms with E-state index in [9.17, 15) is 14.7 Å². The molecular formula is C26H31N3O6. The van der Waals surface area contributed by atoms with Crippen LogP contribution < -0.4 is 15.4 Å². The van der Waals surface area contributed by atoms with Crippen molar-refractivity contribution in [1.29, 1.82) is 0 Å². The van der Waals surface area contributed by atoms with E-state index < -0.39 is 18.1 Å². The average molecular weight is 482 g/mol. The zero-order valence-corrected chi connectivity index (χ0v) is 19.5. The lowest BCUT2D eigenvalue weighted by atomic mass is 9.76. The van der Waals surface area contributed by atoms with Gasteiger partial charge in [-0.15, -0.1) is 0 Å². The quantitative estimate of drug-likeness (QED) is 0.554. The Kier molecular flexibility index (Phi) is 7.26. The molecule has 3 aliphatic heterocycles. The second-order valence-corrected chi connectivity index (χ2v) is 9.36. The van der Waals surface area contributed by atoms with Crippen LogP contribution in [0.1, 0.15) is 42.7 Å². The molecule has 0 radical (unpaired) electrons. The predicted molar refractivity (Wildman–Crippen MR) is 127 cm³/mol. The molecule has 9 heteroatoms. The number of anilines is 1. The molecule has 2 aromatic rings. The lowest BCUT2D eigenvalue weighted by Crippen LogP contribution is -2.48. The number of benzene rings is 1. The highest BCUT2D eigenvalue weighted by Crippen LogP contribution is 2.46. The Hall–Kier alpha value is -3.01. The first-order valence-corrected chi connectivity index (χ1v) is 12.2. The molecule has 3 N–H and O–H groups in total. The summed E-state index contributed by atoms with van der Waals surface area (Å²) in [7, 11) is 0. The van der Waals surface area contributed by atoms with E-state index in [0.29, 0.717) is 31.9 Å². The molecule has 0 spiro atoms. The number of nitrogens with one attached hydrogen (secondary N) is 2. The Morgan fingerprint density at radius 3 is 2.89 bits per heavy atom. The van der Waals surface area contributed by atoms with Gasteiger partial charge in [0.05, 0.1) is 44.4 Å². The predicted octanol–water partition coefficient (Wildman–Crippen LogP) is 2.15. The third-order valence-electron chi connectivity index (χ3n) is 6.97. The largest absolute Gasteiger partial charge is 0.490 e. The van der Waals surface area contributed by atoms with E-state index >= 15 is 0 Å². The molecule has 1 aromatic heterocycles. The fourth-order valence-corrected chi connectivity index (χ4v) is 5.24. The Bertz CT molecular complexity index is 1040. The van der Waals surface area contributed by atoms with Gasteiger partial charge in [0.2, 0.25) is 11.8 Å². The number of aliphatic hydroxyl groups excluding tert-OH is 1. The minimum absolute atomic E-state index is 0.0544. The molecule has 9 nitrogen and oxygen atoms in total. The van der Waals surface area contributed by atoms with Gasteiger partial charge in [-0.2, -0.15) is 0 Å². The van der Waals surface area contributed by atoms with Crippen LogP contribution in [0.15, 0.2) is 42.7 Å². The van der Waals surface area contributed by atoms with Crippen LogP contribution in [0.5, 0.6) is 5.75 Å². The van der Waals surface area contributed by atoms with Crippen molar-refractivity contribution in [1.82, 2.24) is 10.3 Å². The van der Waals surface area contributed by atoms with Gasteiger partial charge in [0.15, 0.2) is 0 Å². The van der Waals surface area contributed by atoms with Crippen LogP contribution in [-0.2, 0) is 25.6 Å². The van der Waals surface area contributed by atoms with Crippen LogP contribution in [0.2, 0.25) is 0 Å². The molecule has 2 saturated heterocycles. The van der Waals surface area contributed by atoms with Crippen molar-refractivity contribution in [2.75, 3.05) is 25.1 Å². The number of aliphatic hydroxyl groups is 1. The zero-order chi connectivity index (χ0) is 24.2. The van der Waals surface area contributed by atoms with Crippen molar-refractivity contribution in [3.63, 3.8) is 0 Å². The van der Waals surface area contributed by atoms with Crippen LogP contribution >= 0.6 is 0 Å². The fraction of sp³-hybridized carbons (Fsp3) is 0.500. The first kappa shape index (κ1) is 23.7. The van der Waals surface area contributed by atoms with Crippen molar-refractivity contribution in [2.24, 2.45) is 5.92 Å². The van der Waals surface area contributed by atoms with Gasteiger partial charge in [0.25, 0.3) is 0 Å². The number of carbonyl (C=O) groups excluding carboxylic acids is 2. The van der Waals surface area contributed by atoms with Crippen molar-refractivity contribution >= 4 is 17.5 Å². The van der Waals surface area contributed by atoms with Gasteiger partial charge in [0, 0.05) is 48.9 Å². The zero-order valence-electron chi connectivity index (χ0n) is 19.5. The van der Waals surface area contributed by atoms with E-state index in [1.807, 2.05) is 30.3 Å². The van der Waals surface area contributed by atoms with Gasteiger partial charge in [-0.05, 0) is 36.2 Å². The van der Waals surface area contributed by atoms with Crippen molar-refractivity contribution < 1.29 is 28.9 Å². The summed E-state index contributed by atoms with van der Waals surface area (Å²) in [6.07, 6.45) is 4.54. The number of amides is 2. The average Bonchev–Trinajstić information content (AvgIpc) is 2.99. The Labute approximate surface area is 204 Å². The number of ether oxygens (including phenoxy) is 3. The molecule has 0 aliphatic carbocycles. The standard InChI is InChI=1S/C26H31N3O6/c30-15-23-25-21(11-19(35-23)12-24(31)28-14-16-2-1-7-27-13-16)20-10-17(29-26(25)32)3-4-22(20)34-18-5-8-33-9-6-18/h1-4,7,10,13,18-19,21,23,25,30H,5-6,8-9,11-12,14-15H2,(H,28,31)(H,29,32)/t19-,21+,23+,25-/m1/s1. The minimum Gasteiger partial charge on any atom is -0.490 e. The highest BCUT2D eigenvalue weighted by molar-refractivity contribution is 5.95. The van der Waals surface area contributed by atoms with Crippen LogP contribution in [0.25, 0.3) is 0 Å². The molecule has 4 atom stereocenters. The molecule has 2 bridgehead atoms. The monoisotopic (exact) mass is 481 g/mol. The summed E-state index contributed by atoms with van der Waals surface area (Å²) in [5, 5.41) is 16.0. The van der Waals surface area contributed by atoms with Gasteiger partial charge in [-0.3, -0.25) is 14.6 Å². The van der Waals surface area contributed by atoms with E-state index in [-0.39, 0.29) is 36.9 Å². The number of fused-ring (bicyclic) bond motifs is 4. The van der Waals surface area contributed by atoms with E-state index in [1.54, 1.807) is 12.4 Å². The number of pyridine rings is 1. The normalized spacial score (nSPS) is 26.3. The summed E-state index contributed by atoms with van der Waals surface area (Å²) in [4.78, 5) is 29.9. The summed E-state index contributed by atoms with van der Waals surface area (Å²) in [6, 6.07) is 9.42. The Balaban J connectivity index is 1.33. The molecule has 2 fully saturated rings. The van der Waals surface area contributed by atoms with Gasteiger partial charge in [-0.25, -0.2) is 0 Å². The van der Waals surface area contributed by atoms with E-state index in [2.05, 4.69) is 15.6 Å². The van der Waals surface area contributed by atoms with Gasteiger partial charge < -0.3 is 30.0 Å². The topological polar surface area (TPSA) is 119 Å². The Morgan fingerprint density at radius 1 is 1.26 bits per heavy atom. The van der Waals surface area contributed by atoms with Crippen LogP contribution in [-0.4, -0.2) is 60.0 Å². The number of carbonyl (C=O) groups is 2. The van der Waals surface area contributed by atoms with Gasteiger partial charge >= 0.3 is 0 Å². The molecule has 0 saturated carbocycles. The second-order valence-electron chi connectivity index (χ2n) is 9.36. The molecule has 4 heterocycles. The lowest BCUT2D eigenvalue weighted by Gasteiger charge is -2.40. The summed E-state index contributed by atoms with van der Waals surface area (Å²) in [5.41, 5.74) is 2.52. The first-order chi connectivity index (χ1) is 17.1. The number of hydrogen-bond acceptors (Lipinski definition) is 7. The molecule has 2 amide bonds. The van der Waals surface area contributed by atoms with Gasteiger partial charge in [0.1, 0.15) is 11.9 Å². The summed E-state index contributed by atoms with van der Waals surface area (Å²) in [5.74, 6) is -0.419. The third kappa shape index (κ3) is 5.47. The number of rotatable bonds is 7. The SMILES string of the molecule is O=C(C[C@H]1C[C@H]2c3cc(ccc3OC3CCOCC3)NC(=O)[C@H]2[C@H](CO)O1)NCc1cccnc1. The maximum Gasteiger partial charge on any atom is 0.230 e. The van der Waals surface area contributed by atoms with Crippen molar-refractivity contribution in [2.45, 2.75) is 56.5 Å². The number of nitrogens with zero attached hydrogens (tertiary/aromatic N) is 1. The van der Waals surface area contributed by atoms with E-state index in [4.69, 9.17) is 14.2 Å².